The Morgan fingerprint density at radius 3 is 2.69 bits per heavy atom. The molecule has 1 aromatic heterocycles. The minimum atomic E-state index is 0.746. The fourth-order valence-corrected chi connectivity index (χ4v) is 1.54. The number of nitrogens with one attached hydrogen (secondary N) is 2. The summed E-state index contributed by atoms with van der Waals surface area (Å²) < 4.78 is 5.11. The van der Waals surface area contributed by atoms with E-state index < -0.39 is 0 Å². The van der Waals surface area contributed by atoms with Crippen molar-refractivity contribution in [3.63, 3.8) is 0 Å². The highest BCUT2D eigenvalue weighted by Gasteiger charge is 2.02. The maximum absolute atomic E-state index is 5.11. The Labute approximate surface area is 94.7 Å². The van der Waals surface area contributed by atoms with Crippen molar-refractivity contribution >= 4 is 0 Å². The largest absolute Gasteiger partial charge is 0.497 e. The Bertz CT molecular complexity index is 448. The molecule has 0 saturated carbocycles. The first-order valence-electron chi connectivity index (χ1n) is 5.16. The number of ether oxygens (including phenoxy) is 1. The second-order valence-electron chi connectivity index (χ2n) is 3.50. The highest BCUT2D eigenvalue weighted by Crippen LogP contribution is 2.20. The van der Waals surface area contributed by atoms with Crippen LogP contribution in [0.4, 0.5) is 0 Å². The van der Waals surface area contributed by atoms with Crippen LogP contribution in [0, 0.1) is 0 Å². The van der Waals surface area contributed by atoms with E-state index in [1.807, 2.05) is 37.5 Å². The summed E-state index contributed by atoms with van der Waals surface area (Å²) in [5.41, 5.74) is 2.13. The summed E-state index contributed by atoms with van der Waals surface area (Å²) in [6.45, 7) is 0.746. The van der Waals surface area contributed by atoms with Gasteiger partial charge in [-0.2, -0.15) is 0 Å². The number of H-pyrrole nitrogens is 1. The molecule has 0 spiro atoms. The van der Waals surface area contributed by atoms with Crippen LogP contribution in [0.1, 0.15) is 5.82 Å². The van der Waals surface area contributed by atoms with Gasteiger partial charge >= 0.3 is 0 Å². The zero-order valence-electron chi connectivity index (χ0n) is 9.45. The quantitative estimate of drug-likeness (QED) is 0.821. The van der Waals surface area contributed by atoms with Gasteiger partial charge in [-0.05, 0) is 36.9 Å². The standard InChI is InChI=1S/C12H15N3O/c1-13-8-12-14-7-11(15-12)9-3-5-10(16-2)6-4-9/h3-7,13H,8H2,1-2H3,(H,14,15). The molecule has 2 N–H and O–H groups in total. The van der Waals surface area contributed by atoms with Gasteiger partial charge in [-0.1, -0.05) is 0 Å². The van der Waals surface area contributed by atoms with Crippen molar-refractivity contribution in [2.75, 3.05) is 14.2 Å². The summed E-state index contributed by atoms with van der Waals surface area (Å²) >= 11 is 0. The Balaban J connectivity index is 2.21. The molecule has 0 fully saturated rings. The van der Waals surface area contributed by atoms with E-state index in [1.54, 1.807) is 7.11 Å². The molecule has 84 valence electrons. The normalized spacial score (nSPS) is 10.4. The Hall–Kier alpha value is -1.81. The predicted octanol–water partition coefficient (Wildman–Crippen LogP) is 1.80. The molecule has 0 aliphatic rings. The lowest BCUT2D eigenvalue weighted by Gasteiger charge is -2.01. The summed E-state index contributed by atoms with van der Waals surface area (Å²) in [5.74, 6) is 1.80. The third kappa shape index (κ3) is 2.23. The molecule has 0 unspecified atom stereocenters. The molecule has 0 bridgehead atoms. The first kappa shape index (κ1) is 10.7. The van der Waals surface area contributed by atoms with Crippen LogP contribution < -0.4 is 10.1 Å². The lowest BCUT2D eigenvalue weighted by molar-refractivity contribution is 0.415. The van der Waals surface area contributed by atoms with E-state index in [0.29, 0.717) is 0 Å². The van der Waals surface area contributed by atoms with Crippen LogP contribution in [0.25, 0.3) is 11.3 Å². The molecular weight excluding hydrogens is 202 g/mol. The van der Waals surface area contributed by atoms with Crippen LogP contribution in [0.15, 0.2) is 30.5 Å². The third-order valence-electron chi connectivity index (χ3n) is 2.37. The smallest absolute Gasteiger partial charge is 0.120 e. The van der Waals surface area contributed by atoms with E-state index >= 15 is 0 Å². The van der Waals surface area contributed by atoms with Crippen molar-refractivity contribution in [1.29, 1.82) is 0 Å². The number of rotatable bonds is 4. The van der Waals surface area contributed by atoms with Crippen LogP contribution >= 0.6 is 0 Å². The fraction of sp³-hybridized carbons (Fsp3) is 0.250. The summed E-state index contributed by atoms with van der Waals surface area (Å²) in [6.07, 6.45) is 1.84. The average Bonchev–Trinajstić information content (AvgIpc) is 2.78. The molecule has 4 heteroatoms. The number of hydrogen-bond donors (Lipinski definition) is 2. The maximum Gasteiger partial charge on any atom is 0.120 e. The Morgan fingerprint density at radius 1 is 1.31 bits per heavy atom. The van der Waals surface area contributed by atoms with Gasteiger partial charge in [0.2, 0.25) is 0 Å². The SMILES string of the molecule is CNCc1ncc(-c2ccc(OC)cc2)[nH]1. The summed E-state index contributed by atoms with van der Waals surface area (Å²) in [6, 6.07) is 7.90. The van der Waals surface area contributed by atoms with E-state index in [4.69, 9.17) is 4.74 Å². The average molecular weight is 217 g/mol. The van der Waals surface area contributed by atoms with Gasteiger partial charge in [0.25, 0.3) is 0 Å². The van der Waals surface area contributed by atoms with Crippen molar-refractivity contribution in [2.24, 2.45) is 0 Å². The third-order valence-corrected chi connectivity index (χ3v) is 2.37. The molecular formula is C12H15N3O. The van der Waals surface area contributed by atoms with E-state index in [-0.39, 0.29) is 0 Å². The fourth-order valence-electron chi connectivity index (χ4n) is 1.54. The number of aromatic nitrogens is 2. The van der Waals surface area contributed by atoms with Crippen LogP contribution in [0.2, 0.25) is 0 Å². The van der Waals surface area contributed by atoms with Crippen LogP contribution in [-0.2, 0) is 6.54 Å². The lowest BCUT2D eigenvalue weighted by Crippen LogP contribution is -2.06. The van der Waals surface area contributed by atoms with Gasteiger partial charge in [0.05, 0.1) is 25.5 Å². The van der Waals surface area contributed by atoms with E-state index in [0.717, 1.165) is 29.4 Å². The van der Waals surface area contributed by atoms with Gasteiger partial charge in [-0.25, -0.2) is 4.98 Å². The number of methoxy groups -OCH3 is 1. The highest BCUT2D eigenvalue weighted by molar-refractivity contribution is 5.59. The number of aromatic amines is 1. The van der Waals surface area contributed by atoms with E-state index in [2.05, 4.69) is 15.3 Å². The second-order valence-corrected chi connectivity index (χ2v) is 3.50. The van der Waals surface area contributed by atoms with Crippen LogP contribution in [0.3, 0.4) is 0 Å². The van der Waals surface area contributed by atoms with E-state index in [9.17, 15) is 0 Å². The monoisotopic (exact) mass is 217 g/mol. The van der Waals surface area contributed by atoms with Gasteiger partial charge in [-0.15, -0.1) is 0 Å². The minimum absolute atomic E-state index is 0.746. The van der Waals surface area contributed by atoms with Gasteiger partial charge < -0.3 is 15.0 Å². The summed E-state index contributed by atoms with van der Waals surface area (Å²) in [4.78, 5) is 7.53. The van der Waals surface area contributed by atoms with E-state index in [1.165, 1.54) is 0 Å². The van der Waals surface area contributed by atoms with Crippen molar-refractivity contribution in [2.45, 2.75) is 6.54 Å². The molecule has 1 aromatic carbocycles. The van der Waals surface area contributed by atoms with Crippen molar-refractivity contribution < 1.29 is 4.74 Å². The van der Waals surface area contributed by atoms with Gasteiger partial charge in [0.15, 0.2) is 0 Å². The van der Waals surface area contributed by atoms with Gasteiger partial charge in [0.1, 0.15) is 11.6 Å². The number of benzene rings is 1. The molecule has 0 saturated heterocycles. The molecule has 2 aromatic rings. The predicted molar refractivity (Wildman–Crippen MR) is 63.3 cm³/mol. The van der Waals surface area contributed by atoms with Crippen molar-refractivity contribution in [3.8, 4) is 17.0 Å². The van der Waals surface area contributed by atoms with Crippen LogP contribution in [-0.4, -0.2) is 24.1 Å². The minimum Gasteiger partial charge on any atom is -0.497 e. The molecule has 0 aliphatic carbocycles. The molecule has 0 radical (unpaired) electrons. The zero-order chi connectivity index (χ0) is 11.4. The molecule has 16 heavy (non-hydrogen) atoms. The first-order valence-corrected chi connectivity index (χ1v) is 5.16. The van der Waals surface area contributed by atoms with Crippen molar-refractivity contribution in [1.82, 2.24) is 15.3 Å². The summed E-state index contributed by atoms with van der Waals surface area (Å²) in [5, 5.41) is 3.05. The van der Waals surface area contributed by atoms with Gasteiger partial charge in [-0.3, -0.25) is 0 Å². The molecule has 4 nitrogen and oxygen atoms in total. The number of hydrogen-bond acceptors (Lipinski definition) is 3. The molecule has 2 rings (SSSR count). The van der Waals surface area contributed by atoms with Crippen molar-refractivity contribution in [3.05, 3.63) is 36.3 Å². The summed E-state index contributed by atoms with van der Waals surface area (Å²) in [7, 11) is 3.56. The van der Waals surface area contributed by atoms with Crippen LogP contribution in [0.5, 0.6) is 5.75 Å². The second kappa shape index (κ2) is 4.81. The first-order chi connectivity index (χ1) is 7.83. The lowest BCUT2D eigenvalue weighted by atomic mass is 10.2. The molecule has 0 amide bonds. The zero-order valence-corrected chi connectivity index (χ0v) is 9.45. The highest BCUT2D eigenvalue weighted by atomic mass is 16.5. The van der Waals surface area contributed by atoms with Gasteiger partial charge in [0, 0.05) is 0 Å². The maximum atomic E-state index is 5.11. The molecule has 0 aliphatic heterocycles. The Morgan fingerprint density at radius 2 is 2.06 bits per heavy atom. The Kier molecular flexibility index (Phi) is 3.22. The molecule has 0 atom stereocenters. The topological polar surface area (TPSA) is 49.9 Å². The molecule has 1 heterocycles. The number of imidazole rings is 1. The number of nitrogens with zero attached hydrogens (tertiary/aromatic N) is 1.